The molecule has 1 heterocycles. The van der Waals surface area contributed by atoms with Crippen molar-refractivity contribution < 1.29 is 9.90 Å². The van der Waals surface area contributed by atoms with Gasteiger partial charge in [-0.25, -0.2) is 0 Å². The van der Waals surface area contributed by atoms with E-state index in [9.17, 15) is 4.79 Å². The van der Waals surface area contributed by atoms with Crippen molar-refractivity contribution in [3.05, 3.63) is 35.4 Å². The van der Waals surface area contributed by atoms with E-state index < -0.39 is 12.0 Å². The summed E-state index contributed by atoms with van der Waals surface area (Å²) in [4.78, 5) is 10.9. The fourth-order valence-electron chi connectivity index (χ4n) is 2.20. The number of thioether (sulfide) groups is 1. The first-order chi connectivity index (χ1) is 8.24. The van der Waals surface area contributed by atoms with Crippen molar-refractivity contribution in [2.24, 2.45) is 0 Å². The molecular formula is C13H15NO2S. The van der Waals surface area contributed by atoms with E-state index in [1.54, 1.807) is 11.8 Å². The van der Waals surface area contributed by atoms with Gasteiger partial charge in [0.2, 0.25) is 0 Å². The van der Waals surface area contributed by atoms with Gasteiger partial charge in [0.1, 0.15) is 6.04 Å². The second-order valence-corrected chi connectivity index (χ2v) is 5.85. The second kappa shape index (κ2) is 4.35. The summed E-state index contributed by atoms with van der Waals surface area (Å²) in [5.74, 6) is 0.642. The van der Waals surface area contributed by atoms with Gasteiger partial charge in [-0.15, -0.1) is 11.8 Å². The van der Waals surface area contributed by atoms with Crippen molar-refractivity contribution in [2.75, 3.05) is 5.75 Å². The van der Waals surface area contributed by atoms with Gasteiger partial charge in [-0.05, 0) is 29.9 Å². The zero-order valence-electron chi connectivity index (χ0n) is 9.43. The molecule has 2 aliphatic rings. The lowest BCUT2D eigenvalue weighted by atomic mass is 10.1. The van der Waals surface area contributed by atoms with Gasteiger partial charge in [0.05, 0.1) is 5.37 Å². The normalized spacial score (nSPS) is 28.2. The molecule has 2 N–H and O–H groups in total. The maximum absolute atomic E-state index is 10.9. The number of benzene rings is 1. The lowest BCUT2D eigenvalue weighted by Gasteiger charge is -2.12. The molecule has 17 heavy (non-hydrogen) atoms. The van der Waals surface area contributed by atoms with E-state index in [1.807, 2.05) is 0 Å². The summed E-state index contributed by atoms with van der Waals surface area (Å²) in [6.07, 6.45) is 2.60. The Morgan fingerprint density at radius 3 is 2.76 bits per heavy atom. The van der Waals surface area contributed by atoms with E-state index in [2.05, 4.69) is 29.6 Å². The third-order valence-corrected chi connectivity index (χ3v) is 4.61. The summed E-state index contributed by atoms with van der Waals surface area (Å²) in [5, 5.41) is 12.2. The highest BCUT2D eigenvalue weighted by atomic mass is 32.2. The maximum atomic E-state index is 10.9. The highest BCUT2D eigenvalue weighted by Crippen LogP contribution is 2.42. The summed E-state index contributed by atoms with van der Waals surface area (Å²) < 4.78 is 0. The van der Waals surface area contributed by atoms with Crippen molar-refractivity contribution in [1.29, 1.82) is 0 Å². The molecule has 3 rings (SSSR count). The van der Waals surface area contributed by atoms with Crippen LogP contribution >= 0.6 is 11.8 Å². The van der Waals surface area contributed by atoms with Crippen LogP contribution in [0, 0.1) is 0 Å². The fourth-order valence-corrected chi connectivity index (χ4v) is 3.42. The van der Waals surface area contributed by atoms with Gasteiger partial charge >= 0.3 is 5.97 Å². The summed E-state index contributed by atoms with van der Waals surface area (Å²) in [5.41, 5.74) is 2.62. The van der Waals surface area contributed by atoms with Gasteiger partial charge in [0.25, 0.3) is 0 Å². The van der Waals surface area contributed by atoms with Crippen LogP contribution in [0.25, 0.3) is 0 Å². The van der Waals surface area contributed by atoms with Crippen molar-refractivity contribution in [2.45, 2.75) is 30.2 Å². The van der Waals surface area contributed by atoms with Crippen LogP contribution in [0.2, 0.25) is 0 Å². The zero-order valence-corrected chi connectivity index (χ0v) is 10.2. The molecule has 1 aliphatic heterocycles. The average molecular weight is 249 g/mol. The quantitative estimate of drug-likeness (QED) is 0.863. The third kappa shape index (κ3) is 2.33. The Kier molecular flexibility index (Phi) is 2.84. The lowest BCUT2D eigenvalue weighted by Crippen LogP contribution is -2.33. The standard InChI is InChI=1S/C13H15NO2S/c15-13(16)11-7-17-12(14-11)10-3-1-2-9(6-10)8-4-5-8/h1-3,6,8,11-12,14H,4-5,7H2,(H,15,16)/t11-,12?/m1/s1. The van der Waals surface area contributed by atoms with Crippen molar-refractivity contribution in [3.63, 3.8) is 0 Å². The Morgan fingerprint density at radius 1 is 1.35 bits per heavy atom. The van der Waals surface area contributed by atoms with Gasteiger partial charge in [0, 0.05) is 5.75 Å². The second-order valence-electron chi connectivity index (χ2n) is 4.72. The molecule has 2 fully saturated rings. The van der Waals surface area contributed by atoms with Crippen LogP contribution in [-0.2, 0) is 4.79 Å². The monoisotopic (exact) mass is 249 g/mol. The van der Waals surface area contributed by atoms with Crippen molar-refractivity contribution in [1.82, 2.24) is 5.32 Å². The van der Waals surface area contributed by atoms with Crippen molar-refractivity contribution >= 4 is 17.7 Å². The zero-order chi connectivity index (χ0) is 11.8. The Morgan fingerprint density at radius 2 is 2.12 bits per heavy atom. The first-order valence-corrected chi connectivity index (χ1v) is 6.99. The largest absolute Gasteiger partial charge is 0.480 e. The first-order valence-electron chi connectivity index (χ1n) is 5.94. The molecule has 90 valence electrons. The van der Waals surface area contributed by atoms with Crippen LogP contribution in [-0.4, -0.2) is 22.9 Å². The molecule has 0 spiro atoms. The number of aliphatic carboxylic acids is 1. The number of carboxylic acids is 1. The molecule has 0 amide bonds. The Bertz CT molecular complexity index is 445. The van der Waals surface area contributed by atoms with Gasteiger partial charge in [-0.2, -0.15) is 0 Å². The molecule has 1 saturated heterocycles. The predicted octanol–water partition coefficient (Wildman–Crippen LogP) is 2.35. The van der Waals surface area contributed by atoms with E-state index in [0.717, 1.165) is 5.92 Å². The smallest absolute Gasteiger partial charge is 0.321 e. The van der Waals surface area contributed by atoms with E-state index in [0.29, 0.717) is 5.75 Å². The summed E-state index contributed by atoms with van der Waals surface area (Å²) in [7, 11) is 0. The van der Waals surface area contributed by atoms with Crippen molar-refractivity contribution in [3.8, 4) is 0 Å². The molecule has 3 nitrogen and oxygen atoms in total. The number of hydrogen-bond donors (Lipinski definition) is 2. The van der Waals surface area contributed by atoms with E-state index in [1.165, 1.54) is 24.0 Å². The van der Waals surface area contributed by atoms with Gasteiger partial charge in [-0.1, -0.05) is 24.3 Å². The minimum atomic E-state index is -0.752. The van der Waals surface area contributed by atoms with Crippen LogP contribution in [0.3, 0.4) is 0 Å². The minimum Gasteiger partial charge on any atom is -0.480 e. The highest BCUT2D eigenvalue weighted by Gasteiger charge is 2.31. The molecule has 0 bridgehead atoms. The van der Waals surface area contributed by atoms with E-state index in [-0.39, 0.29) is 5.37 Å². The molecule has 2 atom stereocenters. The van der Waals surface area contributed by atoms with Gasteiger partial charge < -0.3 is 5.11 Å². The molecule has 1 aromatic carbocycles. The fraction of sp³-hybridized carbons (Fsp3) is 0.462. The minimum absolute atomic E-state index is 0.134. The van der Waals surface area contributed by atoms with Crippen LogP contribution in [0.5, 0.6) is 0 Å². The number of carbonyl (C=O) groups is 1. The molecule has 1 aromatic rings. The Labute approximate surface area is 105 Å². The van der Waals surface area contributed by atoms with Gasteiger partial charge in [-0.3, -0.25) is 10.1 Å². The third-order valence-electron chi connectivity index (χ3n) is 3.34. The molecule has 0 radical (unpaired) electrons. The molecular weight excluding hydrogens is 234 g/mol. The molecule has 1 unspecified atom stereocenters. The summed E-state index contributed by atoms with van der Waals surface area (Å²) >= 11 is 1.68. The average Bonchev–Trinajstić information content (AvgIpc) is 3.06. The number of nitrogens with one attached hydrogen (secondary N) is 1. The topological polar surface area (TPSA) is 49.3 Å². The van der Waals surface area contributed by atoms with Crippen LogP contribution < -0.4 is 5.32 Å². The summed E-state index contributed by atoms with van der Waals surface area (Å²) in [6, 6.07) is 8.16. The van der Waals surface area contributed by atoms with Crippen LogP contribution in [0.4, 0.5) is 0 Å². The maximum Gasteiger partial charge on any atom is 0.321 e. The Balaban J connectivity index is 1.76. The number of rotatable bonds is 3. The predicted molar refractivity (Wildman–Crippen MR) is 68.2 cm³/mol. The Hall–Kier alpha value is -1.00. The van der Waals surface area contributed by atoms with E-state index in [4.69, 9.17) is 5.11 Å². The molecule has 1 aliphatic carbocycles. The molecule has 4 heteroatoms. The summed E-state index contributed by atoms with van der Waals surface area (Å²) in [6.45, 7) is 0. The van der Waals surface area contributed by atoms with Crippen LogP contribution in [0.1, 0.15) is 35.3 Å². The number of carboxylic acid groups (broad SMARTS) is 1. The molecule has 0 aromatic heterocycles. The SMILES string of the molecule is O=C(O)[C@H]1CSC(c2cccc(C3CC3)c2)N1. The van der Waals surface area contributed by atoms with Crippen LogP contribution in [0.15, 0.2) is 24.3 Å². The van der Waals surface area contributed by atoms with Gasteiger partial charge in [0.15, 0.2) is 0 Å². The molecule has 1 saturated carbocycles. The number of hydrogen-bond acceptors (Lipinski definition) is 3. The first kappa shape index (κ1) is 11.1. The van der Waals surface area contributed by atoms with E-state index >= 15 is 0 Å². The lowest BCUT2D eigenvalue weighted by molar-refractivity contribution is -0.138. The highest BCUT2D eigenvalue weighted by molar-refractivity contribution is 7.99.